The smallest absolute Gasteiger partial charge is 0.254 e. The Morgan fingerprint density at radius 1 is 1.13 bits per heavy atom. The van der Waals surface area contributed by atoms with E-state index in [-0.39, 0.29) is 42.5 Å². The Kier molecular flexibility index (Phi) is 6.76. The van der Waals surface area contributed by atoms with E-state index in [0.29, 0.717) is 12.3 Å². The molecule has 156 valence electrons. The molecule has 2 aromatic rings. The maximum atomic E-state index is 12.5. The summed E-state index contributed by atoms with van der Waals surface area (Å²) in [6.07, 6.45) is 0.358. The fourth-order valence-electron chi connectivity index (χ4n) is 2.93. The number of piperidine rings is 1. The van der Waals surface area contributed by atoms with Crippen LogP contribution in [0.15, 0.2) is 48.5 Å². The Balaban J connectivity index is 1.56. The van der Waals surface area contributed by atoms with E-state index in [4.69, 9.17) is 10.5 Å². The van der Waals surface area contributed by atoms with Crippen molar-refractivity contribution in [3.63, 3.8) is 0 Å². The number of rotatable bonds is 7. The van der Waals surface area contributed by atoms with Crippen LogP contribution >= 0.6 is 0 Å². The SMILES string of the molecule is Nc1ccc(NC(=O)COCc2ccccc2)cc1C(=O)N[C@@H]1CCC(=O)NC1=O. The molecule has 1 atom stereocenters. The summed E-state index contributed by atoms with van der Waals surface area (Å²) in [7, 11) is 0. The number of anilines is 2. The number of carbonyl (C=O) groups excluding carboxylic acids is 4. The lowest BCUT2D eigenvalue weighted by molar-refractivity contribution is -0.134. The fourth-order valence-corrected chi connectivity index (χ4v) is 2.93. The zero-order valence-corrected chi connectivity index (χ0v) is 16.1. The van der Waals surface area contributed by atoms with Crippen LogP contribution < -0.4 is 21.7 Å². The van der Waals surface area contributed by atoms with Gasteiger partial charge < -0.3 is 21.1 Å². The van der Waals surface area contributed by atoms with Crippen LogP contribution in [0.25, 0.3) is 0 Å². The van der Waals surface area contributed by atoms with Crippen molar-refractivity contribution in [2.24, 2.45) is 0 Å². The van der Waals surface area contributed by atoms with Crippen LogP contribution in [0.3, 0.4) is 0 Å². The zero-order chi connectivity index (χ0) is 21.5. The predicted octanol–water partition coefficient (Wildman–Crippen LogP) is 0.959. The summed E-state index contributed by atoms with van der Waals surface area (Å²) in [4.78, 5) is 47.7. The lowest BCUT2D eigenvalue weighted by Gasteiger charge is -2.22. The van der Waals surface area contributed by atoms with Crippen LogP contribution in [-0.4, -0.2) is 36.3 Å². The molecule has 1 aliphatic rings. The molecule has 0 unspecified atom stereocenters. The lowest BCUT2D eigenvalue weighted by atomic mass is 10.0. The highest BCUT2D eigenvalue weighted by Gasteiger charge is 2.28. The number of benzene rings is 2. The van der Waals surface area contributed by atoms with Crippen LogP contribution in [0.4, 0.5) is 11.4 Å². The van der Waals surface area contributed by atoms with Crippen LogP contribution in [0.2, 0.25) is 0 Å². The lowest BCUT2D eigenvalue weighted by Crippen LogP contribution is -2.52. The van der Waals surface area contributed by atoms with Crippen molar-refractivity contribution in [1.29, 1.82) is 0 Å². The number of nitrogens with two attached hydrogens (primary N) is 1. The highest BCUT2D eigenvalue weighted by molar-refractivity contribution is 6.06. The first kappa shape index (κ1) is 21.0. The van der Waals surface area contributed by atoms with Crippen LogP contribution in [0.5, 0.6) is 0 Å². The number of amides is 4. The third-order valence-electron chi connectivity index (χ3n) is 4.47. The van der Waals surface area contributed by atoms with E-state index in [1.54, 1.807) is 6.07 Å². The largest absolute Gasteiger partial charge is 0.398 e. The number of nitrogen functional groups attached to an aromatic ring is 1. The minimum Gasteiger partial charge on any atom is -0.398 e. The van der Waals surface area contributed by atoms with E-state index in [2.05, 4.69) is 16.0 Å². The van der Waals surface area contributed by atoms with Gasteiger partial charge in [0.1, 0.15) is 12.6 Å². The Morgan fingerprint density at radius 3 is 2.63 bits per heavy atom. The Morgan fingerprint density at radius 2 is 1.90 bits per heavy atom. The molecule has 1 fully saturated rings. The maximum absolute atomic E-state index is 12.5. The second kappa shape index (κ2) is 9.66. The van der Waals surface area contributed by atoms with Gasteiger partial charge in [0.25, 0.3) is 5.91 Å². The van der Waals surface area contributed by atoms with Crippen molar-refractivity contribution in [3.8, 4) is 0 Å². The predicted molar refractivity (Wildman–Crippen MR) is 109 cm³/mol. The average Bonchev–Trinajstić information content (AvgIpc) is 2.72. The van der Waals surface area contributed by atoms with Crippen molar-refractivity contribution in [3.05, 3.63) is 59.7 Å². The van der Waals surface area contributed by atoms with Gasteiger partial charge in [-0.15, -0.1) is 0 Å². The second-order valence-electron chi connectivity index (χ2n) is 6.81. The molecule has 2 aromatic carbocycles. The van der Waals surface area contributed by atoms with Gasteiger partial charge in [0.2, 0.25) is 17.7 Å². The van der Waals surface area contributed by atoms with Gasteiger partial charge in [-0.1, -0.05) is 30.3 Å². The van der Waals surface area contributed by atoms with E-state index in [1.807, 2.05) is 30.3 Å². The third kappa shape index (κ3) is 5.65. The average molecular weight is 410 g/mol. The molecule has 4 amide bonds. The first-order valence-corrected chi connectivity index (χ1v) is 9.38. The summed E-state index contributed by atoms with van der Waals surface area (Å²) in [6.45, 7) is 0.146. The molecule has 0 spiro atoms. The van der Waals surface area contributed by atoms with Crippen molar-refractivity contribution >= 4 is 35.0 Å². The number of imide groups is 1. The minimum atomic E-state index is -0.820. The van der Waals surface area contributed by atoms with Gasteiger partial charge in [0.05, 0.1) is 12.2 Å². The fraction of sp³-hybridized carbons (Fsp3) is 0.238. The van der Waals surface area contributed by atoms with Crippen molar-refractivity contribution in [2.75, 3.05) is 17.7 Å². The summed E-state index contributed by atoms with van der Waals surface area (Å²) in [5.41, 5.74) is 7.50. The van der Waals surface area contributed by atoms with Gasteiger partial charge in [-0.25, -0.2) is 0 Å². The molecule has 30 heavy (non-hydrogen) atoms. The highest BCUT2D eigenvalue weighted by atomic mass is 16.5. The van der Waals surface area contributed by atoms with Gasteiger partial charge in [0, 0.05) is 17.8 Å². The molecule has 9 nitrogen and oxygen atoms in total. The van der Waals surface area contributed by atoms with Gasteiger partial charge >= 0.3 is 0 Å². The molecule has 1 heterocycles. The molecule has 0 aliphatic carbocycles. The summed E-state index contributed by atoms with van der Waals surface area (Å²) in [5, 5.41) is 7.38. The summed E-state index contributed by atoms with van der Waals surface area (Å²) >= 11 is 0. The summed E-state index contributed by atoms with van der Waals surface area (Å²) < 4.78 is 5.39. The molecule has 3 rings (SSSR count). The molecule has 0 bridgehead atoms. The number of hydrogen-bond donors (Lipinski definition) is 4. The van der Waals surface area contributed by atoms with Crippen molar-refractivity contribution < 1.29 is 23.9 Å². The van der Waals surface area contributed by atoms with Crippen molar-refractivity contribution in [2.45, 2.75) is 25.5 Å². The van der Waals surface area contributed by atoms with Gasteiger partial charge in [0.15, 0.2) is 0 Å². The maximum Gasteiger partial charge on any atom is 0.254 e. The zero-order valence-electron chi connectivity index (χ0n) is 16.1. The molecule has 0 saturated carbocycles. The van der Waals surface area contributed by atoms with Crippen LogP contribution in [-0.2, 0) is 25.7 Å². The normalized spacial score (nSPS) is 15.9. The molecule has 5 N–H and O–H groups in total. The number of nitrogens with one attached hydrogen (secondary N) is 3. The van der Waals surface area contributed by atoms with Gasteiger partial charge in [-0.05, 0) is 30.2 Å². The van der Waals surface area contributed by atoms with E-state index < -0.39 is 17.9 Å². The molecular weight excluding hydrogens is 388 g/mol. The Bertz CT molecular complexity index is 961. The van der Waals surface area contributed by atoms with Crippen LogP contribution in [0, 0.1) is 0 Å². The molecule has 0 radical (unpaired) electrons. The topological polar surface area (TPSA) is 140 Å². The van der Waals surface area contributed by atoms with E-state index in [0.717, 1.165) is 5.56 Å². The third-order valence-corrected chi connectivity index (χ3v) is 4.47. The summed E-state index contributed by atoms with van der Waals surface area (Å²) in [5.74, 6) is -1.88. The van der Waals surface area contributed by atoms with Gasteiger partial charge in [-0.2, -0.15) is 0 Å². The standard InChI is InChI=1S/C21H22N4O5/c22-16-7-6-14(23-19(27)12-30-11-13-4-2-1-3-5-13)10-15(16)20(28)24-17-8-9-18(26)25-21(17)29/h1-7,10,17H,8-9,11-12,22H2,(H,23,27)(H,24,28)(H,25,26,29)/t17-/m1/s1. The molecule has 1 saturated heterocycles. The molecule has 9 heteroatoms. The number of carbonyl (C=O) groups is 4. The Hall–Kier alpha value is -3.72. The minimum absolute atomic E-state index is 0.114. The monoisotopic (exact) mass is 410 g/mol. The van der Waals surface area contributed by atoms with E-state index in [1.165, 1.54) is 12.1 Å². The highest BCUT2D eigenvalue weighted by Crippen LogP contribution is 2.19. The molecule has 0 aromatic heterocycles. The quantitative estimate of drug-likeness (QED) is 0.396. The number of hydrogen-bond acceptors (Lipinski definition) is 6. The number of ether oxygens (including phenoxy) is 1. The molecule has 1 aliphatic heterocycles. The van der Waals surface area contributed by atoms with Crippen molar-refractivity contribution in [1.82, 2.24) is 10.6 Å². The molecular formula is C21H22N4O5. The first-order chi connectivity index (χ1) is 14.4. The van der Waals surface area contributed by atoms with E-state index in [9.17, 15) is 19.2 Å². The van der Waals surface area contributed by atoms with E-state index >= 15 is 0 Å². The second-order valence-corrected chi connectivity index (χ2v) is 6.81. The van der Waals surface area contributed by atoms with Crippen LogP contribution in [0.1, 0.15) is 28.8 Å². The Labute approximate surface area is 173 Å². The summed E-state index contributed by atoms with van der Waals surface area (Å²) in [6, 6.07) is 13.1. The van der Waals surface area contributed by atoms with Gasteiger partial charge in [-0.3, -0.25) is 24.5 Å². The first-order valence-electron chi connectivity index (χ1n) is 9.38.